The summed E-state index contributed by atoms with van der Waals surface area (Å²) in [5.41, 5.74) is 0. The van der Waals surface area contributed by atoms with Gasteiger partial charge in [-0.05, 0) is 12.8 Å². The molecule has 0 spiro atoms. The maximum absolute atomic E-state index is 3.36. The Bertz CT molecular complexity index is 51.1. The van der Waals surface area contributed by atoms with Gasteiger partial charge in [-0.25, -0.2) is 0 Å². The van der Waals surface area contributed by atoms with Crippen molar-refractivity contribution in [2.45, 2.75) is 33.1 Å². The quantitative estimate of drug-likeness (QED) is 0.422. The molecule has 0 unspecified atom stereocenters. The van der Waals surface area contributed by atoms with Crippen molar-refractivity contribution in [3.05, 3.63) is 12.7 Å². The highest BCUT2D eigenvalue weighted by Crippen LogP contribution is 2.24. The largest absolute Gasteiger partial charge is 0.103 e. The van der Waals surface area contributed by atoms with Gasteiger partial charge in [-0.3, -0.25) is 0 Å². The number of rotatable bonds is 0. The molecule has 0 aromatic carbocycles. The molecule has 0 heterocycles. The Morgan fingerprint density at radius 1 is 1.50 bits per heavy atom. The first-order valence-corrected chi connectivity index (χ1v) is 3.38. The lowest BCUT2D eigenvalue weighted by Gasteiger charge is -2.18. The van der Waals surface area contributed by atoms with Crippen LogP contribution in [-0.2, 0) is 0 Å². The van der Waals surface area contributed by atoms with Crippen LogP contribution in [0.25, 0.3) is 0 Å². The van der Waals surface area contributed by atoms with Crippen molar-refractivity contribution in [3.8, 4) is 0 Å². The third-order valence-corrected chi connectivity index (χ3v) is 1.39. The molecule has 0 aromatic heterocycles. The van der Waals surface area contributed by atoms with Crippen molar-refractivity contribution in [2.24, 2.45) is 5.92 Å². The molecule has 8 heavy (non-hydrogen) atoms. The van der Waals surface area contributed by atoms with Crippen LogP contribution in [0.15, 0.2) is 12.7 Å². The highest BCUT2D eigenvalue weighted by atomic mass is 14.1. The molecule has 0 nitrogen and oxygen atoms in total. The van der Waals surface area contributed by atoms with Crippen LogP contribution in [0.5, 0.6) is 0 Å². The van der Waals surface area contributed by atoms with E-state index in [2.05, 4.69) is 13.5 Å². The van der Waals surface area contributed by atoms with Crippen molar-refractivity contribution in [1.29, 1.82) is 0 Å². The summed E-state index contributed by atoms with van der Waals surface area (Å²) >= 11 is 0. The summed E-state index contributed by atoms with van der Waals surface area (Å²) in [4.78, 5) is 0. The minimum Gasteiger partial charge on any atom is -0.103 e. The van der Waals surface area contributed by atoms with Crippen LogP contribution in [0, 0.1) is 5.92 Å². The van der Waals surface area contributed by atoms with Gasteiger partial charge < -0.3 is 0 Å². The van der Waals surface area contributed by atoms with E-state index in [0.717, 1.165) is 5.92 Å². The van der Waals surface area contributed by atoms with Gasteiger partial charge in [0.05, 0.1) is 0 Å². The number of hydrogen-bond acceptors (Lipinski definition) is 0. The molecule has 1 aliphatic carbocycles. The lowest BCUT2D eigenvalue weighted by molar-refractivity contribution is 0.346. The van der Waals surface area contributed by atoms with Gasteiger partial charge in [0.25, 0.3) is 0 Å². The van der Waals surface area contributed by atoms with E-state index in [1.54, 1.807) is 6.08 Å². The van der Waals surface area contributed by atoms with E-state index in [0.29, 0.717) is 0 Å². The van der Waals surface area contributed by atoms with Crippen molar-refractivity contribution in [2.75, 3.05) is 0 Å². The average Bonchev–Trinajstić information content (AvgIpc) is 1.64. The summed E-state index contributed by atoms with van der Waals surface area (Å²) in [7, 11) is 0. The highest BCUT2D eigenvalue weighted by Gasteiger charge is 2.09. The molecule has 0 radical (unpaired) electrons. The van der Waals surface area contributed by atoms with E-state index >= 15 is 0 Å². The molecular weight excluding hydrogens is 96.1 g/mol. The van der Waals surface area contributed by atoms with Crippen LogP contribution >= 0.6 is 0 Å². The van der Waals surface area contributed by atoms with Gasteiger partial charge in [-0.15, -0.1) is 6.58 Å². The Kier molecular flexibility index (Phi) is 4.73. The second-order valence-electron chi connectivity index (χ2n) is 2.44. The normalized spacial score (nSPS) is 17.8. The average molecular weight is 112 g/mol. The van der Waals surface area contributed by atoms with E-state index in [-0.39, 0.29) is 0 Å². The molecule has 1 aliphatic rings. The number of hydrogen-bond donors (Lipinski definition) is 0. The van der Waals surface area contributed by atoms with Crippen molar-refractivity contribution >= 4 is 0 Å². The molecule has 48 valence electrons. The Balaban J connectivity index is 0.000000145. The first-order chi connectivity index (χ1) is 3.81. The first-order valence-electron chi connectivity index (χ1n) is 3.38. The zero-order chi connectivity index (χ0) is 6.41. The van der Waals surface area contributed by atoms with Gasteiger partial charge in [0.15, 0.2) is 0 Å². The minimum absolute atomic E-state index is 1.06. The van der Waals surface area contributed by atoms with Crippen LogP contribution in [0.1, 0.15) is 33.1 Å². The zero-order valence-corrected chi connectivity index (χ0v) is 5.98. The predicted molar refractivity (Wildman–Crippen MR) is 38.9 cm³/mol. The zero-order valence-electron chi connectivity index (χ0n) is 5.98. The van der Waals surface area contributed by atoms with Gasteiger partial charge in [0.2, 0.25) is 0 Å². The molecule has 0 N–H and O–H groups in total. The SMILES string of the molecule is C=CC.CC1CCC1. The molecule has 0 aliphatic heterocycles. The van der Waals surface area contributed by atoms with Crippen molar-refractivity contribution < 1.29 is 0 Å². The molecule has 0 saturated heterocycles. The van der Waals surface area contributed by atoms with Crippen molar-refractivity contribution in [1.82, 2.24) is 0 Å². The fourth-order valence-corrected chi connectivity index (χ4v) is 0.612. The van der Waals surface area contributed by atoms with Crippen molar-refractivity contribution in [3.63, 3.8) is 0 Å². The third-order valence-electron chi connectivity index (χ3n) is 1.39. The lowest BCUT2D eigenvalue weighted by Crippen LogP contribution is -2.04. The second-order valence-corrected chi connectivity index (χ2v) is 2.44. The molecule has 0 bridgehead atoms. The summed E-state index contributed by atoms with van der Waals surface area (Å²) in [6.45, 7) is 7.56. The summed E-state index contributed by atoms with van der Waals surface area (Å²) in [5, 5.41) is 0. The van der Waals surface area contributed by atoms with Crippen LogP contribution in [0.3, 0.4) is 0 Å². The van der Waals surface area contributed by atoms with E-state index in [9.17, 15) is 0 Å². The van der Waals surface area contributed by atoms with Gasteiger partial charge in [-0.1, -0.05) is 32.3 Å². The minimum atomic E-state index is 1.06. The topological polar surface area (TPSA) is 0 Å². The Morgan fingerprint density at radius 3 is 1.75 bits per heavy atom. The van der Waals surface area contributed by atoms with E-state index in [4.69, 9.17) is 0 Å². The Morgan fingerprint density at radius 2 is 1.75 bits per heavy atom. The maximum atomic E-state index is 3.36. The molecule has 0 atom stereocenters. The molecule has 1 fully saturated rings. The summed E-state index contributed by atoms with van der Waals surface area (Å²) in [6.07, 6.45) is 6.21. The molecular formula is C8H16. The second kappa shape index (κ2) is 4.89. The van der Waals surface area contributed by atoms with Crippen LogP contribution in [-0.4, -0.2) is 0 Å². The van der Waals surface area contributed by atoms with Gasteiger partial charge in [0.1, 0.15) is 0 Å². The van der Waals surface area contributed by atoms with E-state index in [1.165, 1.54) is 19.3 Å². The highest BCUT2D eigenvalue weighted by molar-refractivity contribution is 4.62. The molecule has 1 saturated carbocycles. The summed E-state index contributed by atoms with van der Waals surface area (Å²) < 4.78 is 0. The van der Waals surface area contributed by atoms with Gasteiger partial charge in [0, 0.05) is 0 Å². The fraction of sp³-hybridized carbons (Fsp3) is 0.750. The monoisotopic (exact) mass is 112 g/mol. The summed E-state index contributed by atoms with van der Waals surface area (Å²) in [5.74, 6) is 1.06. The molecule has 0 amide bonds. The molecule has 1 rings (SSSR count). The Hall–Kier alpha value is -0.260. The Labute approximate surface area is 52.6 Å². The van der Waals surface area contributed by atoms with E-state index < -0.39 is 0 Å². The third kappa shape index (κ3) is 3.91. The molecule has 0 heteroatoms. The first kappa shape index (κ1) is 7.74. The van der Waals surface area contributed by atoms with Crippen LogP contribution < -0.4 is 0 Å². The summed E-state index contributed by atoms with van der Waals surface area (Å²) in [6, 6.07) is 0. The lowest BCUT2D eigenvalue weighted by atomic mass is 9.88. The predicted octanol–water partition coefficient (Wildman–Crippen LogP) is 3.00. The van der Waals surface area contributed by atoms with Gasteiger partial charge in [-0.2, -0.15) is 0 Å². The van der Waals surface area contributed by atoms with Crippen LogP contribution in [0.4, 0.5) is 0 Å². The van der Waals surface area contributed by atoms with Crippen LogP contribution in [0.2, 0.25) is 0 Å². The van der Waals surface area contributed by atoms with Gasteiger partial charge >= 0.3 is 0 Å². The maximum Gasteiger partial charge on any atom is -0.0443 e. The number of allylic oxidation sites excluding steroid dienone is 1. The standard InChI is InChI=1S/C5H10.C3H6/c1-5-3-2-4-5;1-3-2/h5H,2-4H2,1H3;3H,1H2,2H3. The fourth-order valence-electron chi connectivity index (χ4n) is 0.612. The van der Waals surface area contributed by atoms with E-state index in [1.807, 2.05) is 6.92 Å². The molecule has 0 aromatic rings. The smallest absolute Gasteiger partial charge is 0.0443 e.